The van der Waals surface area contributed by atoms with E-state index in [9.17, 15) is 0 Å². The van der Waals surface area contributed by atoms with Crippen molar-refractivity contribution in [3.8, 4) is 0 Å². The van der Waals surface area contributed by atoms with Crippen LogP contribution in [0.4, 0.5) is 0 Å². The van der Waals surface area contributed by atoms with Crippen molar-refractivity contribution in [3.05, 3.63) is 0 Å². The van der Waals surface area contributed by atoms with Gasteiger partial charge in [0.15, 0.2) is 0 Å². The third-order valence-corrected chi connectivity index (χ3v) is 2.87. The monoisotopic (exact) mass is 391 g/mol. The first-order valence-electron chi connectivity index (χ1n) is 7.24. The molecule has 0 atom stereocenters. The Kier molecular flexibility index (Phi) is 29.5. The molecule has 1 aliphatic rings. The molecule has 0 aliphatic carbocycles. The summed E-state index contributed by atoms with van der Waals surface area (Å²) < 4.78 is 0. The minimum absolute atomic E-state index is 0. The van der Waals surface area contributed by atoms with Crippen molar-refractivity contribution in [1.29, 1.82) is 0 Å². The van der Waals surface area contributed by atoms with E-state index < -0.39 is 0 Å². The first kappa shape index (κ1) is 26.7. The van der Waals surface area contributed by atoms with Crippen molar-refractivity contribution < 1.29 is 41.9 Å². The van der Waals surface area contributed by atoms with Crippen LogP contribution in [0.15, 0.2) is 0 Å². The maximum atomic E-state index is 3.41. The van der Waals surface area contributed by atoms with E-state index in [1.54, 1.807) is 0 Å². The Hall–Kier alpha value is 0.859. The zero-order valence-electron chi connectivity index (χ0n) is 12.5. The van der Waals surface area contributed by atoms with Gasteiger partial charge in [0.25, 0.3) is 0 Å². The number of halogens is 2. The quantitative estimate of drug-likeness (QED) is 0.230. The molecular formula is C12H30Cl2CuN6. The number of rotatable bonds is 0. The fourth-order valence-electron chi connectivity index (χ4n) is 1.81. The third-order valence-electron chi connectivity index (χ3n) is 2.87. The Morgan fingerprint density at radius 1 is 0.286 bits per heavy atom. The third kappa shape index (κ3) is 20.9. The Morgan fingerprint density at radius 2 is 0.381 bits per heavy atom. The molecule has 1 rings (SSSR count). The summed E-state index contributed by atoms with van der Waals surface area (Å²) >= 11 is 0. The van der Waals surface area contributed by atoms with Crippen LogP contribution in [0.2, 0.25) is 0 Å². The minimum atomic E-state index is 0. The summed E-state index contributed by atoms with van der Waals surface area (Å²) in [5.41, 5.74) is 0. The van der Waals surface area contributed by atoms with Crippen LogP contribution in [0.5, 0.6) is 0 Å². The van der Waals surface area contributed by atoms with Crippen LogP contribution in [0.3, 0.4) is 0 Å². The van der Waals surface area contributed by atoms with Gasteiger partial charge < -0.3 is 56.7 Å². The van der Waals surface area contributed by atoms with Gasteiger partial charge in [-0.1, -0.05) is 0 Å². The summed E-state index contributed by atoms with van der Waals surface area (Å²) in [6.45, 7) is 12.5. The molecule has 0 amide bonds. The summed E-state index contributed by atoms with van der Waals surface area (Å²) in [6, 6.07) is 0. The summed E-state index contributed by atoms with van der Waals surface area (Å²) in [6.07, 6.45) is 0. The Morgan fingerprint density at radius 3 is 0.476 bits per heavy atom. The molecule has 1 aliphatic heterocycles. The zero-order valence-corrected chi connectivity index (χ0v) is 15.0. The molecule has 1 heterocycles. The molecule has 0 spiro atoms. The van der Waals surface area contributed by atoms with Gasteiger partial charge in [0.2, 0.25) is 0 Å². The molecule has 6 N–H and O–H groups in total. The van der Waals surface area contributed by atoms with Crippen LogP contribution < -0.4 is 56.7 Å². The first-order valence-corrected chi connectivity index (χ1v) is 7.24. The van der Waals surface area contributed by atoms with Crippen LogP contribution in [-0.2, 0) is 17.1 Å². The van der Waals surface area contributed by atoms with E-state index in [-0.39, 0.29) is 41.9 Å². The maximum absolute atomic E-state index is 3.41. The van der Waals surface area contributed by atoms with E-state index in [1.165, 1.54) is 0 Å². The second-order valence-electron chi connectivity index (χ2n) is 4.50. The van der Waals surface area contributed by atoms with Crippen LogP contribution >= 0.6 is 0 Å². The fraction of sp³-hybridized carbons (Fsp3) is 1.00. The molecule has 1 fully saturated rings. The summed E-state index contributed by atoms with van der Waals surface area (Å²) in [4.78, 5) is 0. The maximum Gasteiger partial charge on any atom is 2.00 e. The van der Waals surface area contributed by atoms with Crippen molar-refractivity contribution in [2.75, 3.05) is 78.5 Å². The van der Waals surface area contributed by atoms with E-state index in [4.69, 9.17) is 0 Å². The predicted molar refractivity (Wildman–Crippen MR) is 77.2 cm³/mol. The van der Waals surface area contributed by atoms with E-state index in [1.807, 2.05) is 0 Å². The van der Waals surface area contributed by atoms with Gasteiger partial charge >= 0.3 is 17.1 Å². The summed E-state index contributed by atoms with van der Waals surface area (Å²) in [5, 5.41) is 20.5. The van der Waals surface area contributed by atoms with E-state index in [0.717, 1.165) is 78.5 Å². The average molecular weight is 393 g/mol. The van der Waals surface area contributed by atoms with Crippen LogP contribution in [0, 0.1) is 0 Å². The van der Waals surface area contributed by atoms with Gasteiger partial charge in [0.1, 0.15) is 0 Å². The second-order valence-corrected chi connectivity index (χ2v) is 4.50. The smallest absolute Gasteiger partial charge is 1.00 e. The van der Waals surface area contributed by atoms with Gasteiger partial charge in [-0.3, -0.25) is 0 Å². The van der Waals surface area contributed by atoms with Crippen molar-refractivity contribution in [1.82, 2.24) is 31.9 Å². The molecule has 0 saturated carbocycles. The van der Waals surface area contributed by atoms with Crippen molar-refractivity contribution >= 4 is 0 Å². The van der Waals surface area contributed by atoms with Crippen LogP contribution in [-0.4, -0.2) is 78.5 Å². The van der Waals surface area contributed by atoms with Crippen molar-refractivity contribution in [3.63, 3.8) is 0 Å². The van der Waals surface area contributed by atoms with Crippen molar-refractivity contribution in [2.24, 2.45) is 0 Å². The SMILES string of the molecule is C1CNCCNCCNCCNCCNCCN1.[Cl-].[Cl-].[Cu+2]. The Balaban J connectivity index is -0.00000108. The predicted octanol–water partition coefficient (Wildman–Crippen LogP) is -8.46. The molecule has 1 radical (unpaired) electrons. The molecule has 1 saturated heterocycles. The van der Waals surface area contributed by atoms with Gasteiger partial charge in [-0.15, -0.1) is 0 Å². The summed E-state index contributed by atoms with van der Waals surface area (Å²) in [7, 11) is 0. The van der Waals surface area contributed by atoms with Gasteiger partial charge in [-0.2, -0.15) is 0 Å². The van der Waals surface area contributed by atoms with Crippen molar-refractivity contribution in [2.45, 2.75) is 0 Å². The molecule has 6 nitrogen and oxygen atoms in total. The van der Waals surface area contributed by atoms with E-state index in [0.29, 0.717) is 0 Å². The molecule has 0 unspecified atom stereocenters. The van der Waals surface area contributed by atoms with Gasteiger partial charge in [-0.05, 0) is 0 Å². The minimum Gasteiger partial charge on any atom is -1.00 e. The molecule has 9 heteroatoms. The fourth-order valence-corrected chi connectivity index (χ4v) is 1.81. The normalized spacial score (nSPS) is 20.6. The average Bonchev–Trinajstić information content (AvgIpc) is 2.39. The van der Waals surface area contributed by atoms with Crippen LogP contribution in [0.25, 0.3) is 0 Å². The molecule has 0 bridgehead atoms. The number of hydrogen-bond donors (Lipinski definition) is 6. The Labute approximate surface area is 152 Å². The number of hydrogen-bond acceptors (Lipinski definition) is 6. The molecule has 0 aromatic heterocycles. The van der Waals surface area contributed by atoms with Gasteiger partial charge in [0.05, 0.1) is 0 Å². The summed E-state index contributed by atoms with van der Waals surface area (Å²) in [5.74, 6) is 0. The molecule has 0 aromatic carbocycles. The van der Waals surface area contributed by atoms with E-state index >= 15 is 0 Å². The first-order chi connectivity index (χ1) is 9.00. The molecular weight excluding hydrogens is 363 g/mol. The van der Waals surface area contributed by atoms with Gasteiger partial charge in [-0.25, -0.2) is 0 Å². The van der Waals surface area contributed by atoms with Crippen LogP contribution in [0.1, 0.15) is 0 Å². The zero-order chi connectivity index (χ0) is 12.7. The molecule has 0 aromatic rings. The largest absolute Gasteiger partial charge is 2.00 e. The van der Waals surface area contributed by atoms with Gasteiger partial charge in [0, 0.05) is 78.5 Å². The second kappa shape index (κ2) is 23.1. The standard InChI is InChI=1S/C12H30N6.2ClH.Cu/c1-2-14-5-6-16-9-10-18-12-11-17-8-7-15-4-3-13-1;;;/h13-18H,1-12H2;2*1H;/q;;;+2/p-2. The molecule has 133 valence electrons. The Bertz CT molecular complexity index is 107. The topological polar surface area (TPSA) is 72.2 Å². The van der Waals surface area contributed by atoms with E-state index in [2.05, 4.69) is 31.9 Å². The number of nitrogens with one attached hydrogen (secondary N) is 6. The molecule has 21 heavy (non-hydrogen) atoms.